The highest BCUT2D eigenvalue weighted by Crippen LogP contribution is 2.25. The van der Waals surface area contributed by atoms with E-state index in [1.165, 1.54) is 6.08 Å². The van der Waals surface area contributed by atoms with Crippen molar-refractivity contribution in [1.29, 1.82) is 5.26 Å². The Balaban J connectivity index is 2.16. The quantitative estimate of drug-likeness (QED) is 0.775. The second-order valence-corrected chi connectivity index (χ2v) is 4.83. The first-order valence-corrected chi connectivity index (χ1v) is 6.61. The van der Waals surface area contributed by atoms with E-state index in [1.54, 1.807) is 6.08 Å². The van der Waals surface area contributed by atoms with Crippen LogP contribution in [0.3, 0.4) is 0 Å². The minimum Gasteiger partial charge on any atom is -0.488 e. The molecular formula is C16H12BrNO. The first-order chi connectivity index (χ1) is 9.29. The normalized spacial score (nSPS) is 10.3. The maximum atomic E-state index is 8.61. The molecule has 3 heteroatoms. The lowest BCUT2D eigenvalue weighted by molar-refractivity contribution is 0.305. The number of rotatable bonds is 4. The van der Waals surface area contributed by atoms with Gasteiger partial charge in [0, 0.05) is 16.1 Å². The molecule has 0 atom stereocenters. The van der Waals surface area contributed by atoms with Crippen molar-refractivity contribution in [3.8, 4) is 11.8 Å². The maximum absolute atomic E-state index is 8.61. The third-order valence-electron chi connectivity index (χ3n) is 2.55. The van der Waals surface area contributed by atoms with Crippen molar-refractivity contribution in [2.45, 2.75) is 6.61 Å². The van der Waals surface area contributed by atoms with Gasteiger partial charge in [0.25, 0.3) is 0 Å². The molecule has 0 aliphatic heterocycles. The number of hydrogen-bond donors (Lipinski definition) is 0. The van der Waals surface area contributed by atoms with Crippen molar-refractivity contribution in [2.24, 2.45) is 0 Å². The second kappa shape index (κ2) is 6.77. The largest absolute Gasteiger partial charge is 0.488 e. The molecular weight excluding hydrogens is 302 g/mol. The van der Waals surface area contributed by atoms with E-state index < -0.39 is 0 Å². The first-order valence-electron chi connectivity index (χ1n) is 5.82. The van der Waals surface area contributed by atoms with Gasteiger partial charge >= 0.3 is 0 Å². The van der Waals surface area contributed by atoms with Crippen LogP contribution in [0.5, 0.6) is 5.75 Å². The van der Waals surface area contributed by atoms with E-state index in [0.717, 1.165) is 21.3 Å². The molecule has 0 spiro atoms. The Hall–Kier alpha value is -2.05. The third kappa shape index (κ3) is 3.97. The predicted molar refractivity (Wildman–Crippen MR) is 79.6 cm³/mol. The van der Waals surface area contributed by atoms with Crippen LogP contribution < -0.4 is 4.74 Å². The Morgan fingerprint density at radius 2 is 1.95 bits per heavy atom. The lowest BCUT2D eigenvalue weighted by Gasteiger charge is -2.09. The van der Waals surface area contributed by atoms with Crippen LogP contribution >= 0.6 is 15.9 Å². The molecule has 94 valence electrons. The van der Waals surface area contributed by atoms with Crippen molar-refractivity contribution in [3.05, 3.63) is 70.2 Å². The lowest BCUT2D eigenvalue weighted by atomic mass is 10.2. The van der Waals surface area contributed by atoms with Gasteiger partial charge in [-0.2, -0.15) is 5.26 Å². The summed E-state index contributed by atoms with van der Waals surface area (Å²) in [5.41, 5.74) is 1.99. The molecule has 0 aromatic heterocycles. The third-order valence-corrected chi connectivity index (χ3v) is 3.04. The maximum Gasteiger partial charge on any atom is 0.127 e. The van der Waals surface area contributed by atoms with Crippen molar-refractivity contribution < 1.29 is 4.74 Å². The van der Waals surface area contributed by atoms with Gasteiger partial charge in [0.2, 0.25) is 0 Å². The van der Waals surface area contributed by atoms with Gasteiger partial charge in [-0.1, -0.05) is 46.3 Å². The summed E-state index contributed by atoms with van der Waals surface area (Å²) in [4.78, 5) is 0. The van der Waals surface area contributed by atoms with Crippen molar-refractivity contribution in [3.63, 3.8) is 0 Å². The molecule has 0 bridgehead atoms. The summed E-state index contributed by atoms with van der Waals surface area (Å²) in [5.74, 6) is 0.763. The molecule has 2 nitrogen and oxygen atoms in total. The first kappa shape index (κ1) is 13.4. The van der Waals surface area contributed by atoms with Gasteiger partial charge in [-0.25, -0.2) is 0 Å². The molecule has 0 heterocycles. The molecule has 19 heavy (non-hydrogen) atoms. The Kier molecular flexibility index (Phi) is 4.77. The van der Waals surface area contributed by atoms with E-state index in [9.17, 15) is 0 Å². The van der Waals surface area contributed by atoms with Gasteiger partial charge in [0.05, 0.1) is 6.07 Å². The summed E-state index contributed by atoms with van der Waals surface area (Å²) < 4.78 is 6.75. The van der Waals surface area contributed by atoms with Crippen LogP contribution in [0, 0.1) is 11.3 Å². The molecule has 0 aliphatic carbocycles. The van der Waals surface area contributed by atoms with Crippen LogP contribution in [0.4, 0.5) is 0 Å². The zero-order valence-corrected chi connectivity index (χ0v) is 11.8. The number of halogens is 1. The number of benzene rings is 2. The molecule has 2 rings (SSSR count). The van der Waals surface area contributed by atoms with Crippen LogP contribution in [0.25, 0.3) is 6.08 Å². The van der Waals surface area contributed by atoms with Gasteiger partial charge in [-0.3, -0.25) is 0 Å². The van der Waals surface area contributed by atoms with Crippen LogP contribution in [0.2, 0.25) is 0 Å². The summed E-state index contributed by atoms with van der Waals surface area (Å²) in [7, 11) is 0. The summed E-state index contributed by atoms with van der Waals surface area (Å²) >= 11 is 3.41. The van der Waals surface area contributed by atoms with E-state index >= 15 is 0 Å². The fourth-order valence-electron chi connectivity index (χ4n) is 1.64. The Morgan fingerprint density at radius 1 is 1.16 bits per heavy atom. The smallest absolute Gasteiger partial charge is 0.127 e. The molecule has 0 saturated carbocycles. The topological polar surface area (TPSA) is 33.0 Å². The Bertz CT molecular complexity index is 614. The molecule has 2 aromatic carbocycles. The molecule has 0 unspecified atom stereocenters. The van der Waals surface area contributed by atoms with Crippen molar-refractivity contribution in [2.75, 3.05) is 0 Å². The monoisotopic (exact) mass is 313 g/mol. The van der Waals surface area contributed by atoms with Crippen LogP contribution in [-0.4, -0.2) is 0 Å². The lowest BCUT2D eigenvalue weighted by Crippen LogP contribution is -1.96. The zero-order chi connectivity index (χ0) is 13.5. The second-order valence-electron chi connectivity index (χ2n) is 3.92. The van der Waals surface area contributed by atoms with E-state index in [-0.39, 0.29) is 0 Å². The molecule has 0 aliphatic rings. The highest BCUT2D eigenvalue weighted by Gasteiger charge is 2.02. The van der Waals surface area contributed by atoms with E-state index in [2.05, 4.69) is 15.9 Å². The van der Waals surface area contributed by atoms with Crippen LogP contribution in [0.15, 0.2) is 59.1 Å². The van der Waals surface area contributed by atoms with Gasteiger partial charge in [-0.05, 0) is 29.8 Å². The molecule has 2 aromatic rings. The predicted octanol–water partition coefficient (Wildman–Crippen LogP) is 4.56. The minimum atomic E-state index is 0.510. The average Bonchev–Trinajstić information content (AvgIpc) is 2.45. The highest BCUT2D eigenvalue weighted by molar-refractivity contribution is 9.10. The van der Waals surface area contributed by atoms with Gasteiger partial charge in [0.15, 0.2) is 0 Å². The van der Waals surface area contributed by atoms with Crippen LogP contribution in [-0.2, 0) is 6.61 Å². The van der Waals surface area contributed by atoms with Crippen molar-refractivity contribution in [1.82, 2.24) is 0 Å². The SMILES string of the molecule is N#C/C=C/c1cc(Br)ccc1OCc1ccccc1. The van der Waals surface area contributed by atoms with Crippen molar-refractivity contribution >= 4 is 22.0 Å². The summed E-state index contributed by atoms with van der Waals surface area (Å²) in [6.07, 6.45) is 3.18. The fourth-order valence-corrected chi connectivity index (χ4v) is 2.02. The van der Waals surface area contributed by atoms with Gasteiger partial charge in [-0.15, -0.1) is 0 Å². The zero-order valence-electron chi connectivity index (χ0n) is 10.2. The van der Waals surface area contributed by atoms with E-state index in [4.69, 9.17) is 10.00 Å². The fraction of sp³-hybridized carbons (Fsp3) is 0.0625. The number of nitrogens with zero attached hydrogens (tertiary/aromatic N) is 1. The summed E-state index contributed by atoms with van der Waals surface area (Å²) in [6.45, 7) is 0.510. The van der Waals surface area contributed by atoms with Gasteiger partial charge < -0.3 is 4.74 Å². The summed E-state index contributed by atoms with van der Waals surface area (Å²) in [5, 5.41) is 8.61. The Labute approximate surface area is 121 Å². The van der Waals surface area contributed by atoms with E-state index in [0.29, 0.717) is 6.61 Å². The molecule has 0 fully saturated rings. The molecule has 0 radical (unpaired) electrons. The molecule has 0 saturated heterocycles. The van der Waals surface area contributed by atoms with E-state index in [1.807, 2.05) is 54.6 Å². The highest BCUT2D eigenvalue weighted by atomic mass is 79.9. The average molecular weight is 314 g/mol. The number of nitriles is 1. The minimum absolute atomic E-state index is 0.510. The molecule has 0 N–H and O–H groups in total. The standard InChI is InChI=1S/C16H12BrNO/c17-15-8-9-16(14(11-15)7-4-10-18)19-12-13-5-2-1-3-6-13/h1-9,11H,12H2/b7-4+. The molecule has 0 amide bonds. The Morgan fingerprint density at radius 3 is 2.68 bits per heavy atom. The summed E-state index contributed by atoms with van der Waals surface area (Å²) in [6, 6.07) is 17.7. The van der Waals surface area contributed by atoms with Crippen LogP contribution in [0.1, 0.15) is 11.1 Å². The number of ether oxygens (including phenoxy) is 1. The number of allylic oxidation sites excluding steroid dienone is 1. The van der Waals surface area contributed by atoms with Gasteiger partial charge in [0.1, 0.15) is 12.4 Å². The number of hydrogen-bond acceptors (Lipinski definition) is 2.